The molecule has 8 heteroatoms. The molecule has 232 valence electrons. The summed E-state index contributed by atoms with van der Waals surface area (Å²) in [5.41, 5.74) is 4.25. The summed E-state index contributed by atoms with van der Waals surface area (Å²) in [5.74, 6) is -0.194. The van der Waals surface area contributed by atoms with Crippen molar-refractivity contribution in [2.75, 3.05) is 6.54 Å². The van der Waals surface area contributed by atoms with Crippen LogP contribution in [0.3, 0.4) is 0 Å². The van der Waals surface area contributed by atoms with Crippen LogP contribution >= 0.6 is 22.7 Å². The SMILES string of the molecule is CC1(C)C[C@H](NC(=O)c2cc(-c3cccs3)nc3ccccc23)C[C@@](C)(CNC(=O)c2cc(-c3cccs3)nc3ccccc23)C1. The molecule has 0 radical (unpaired) electrons. The number of carbonyl (C=O) groups excluding carboxylic acids is 2. The van der Waals surface area contributed by atoms with E-state index in [-0.39, 0.29) is 28.7 Å². The second-order valence-electron chi connectivity index (χ2n) is 13.5. The third-order valence-electron chi connectivity index (χ3n) is 8.92. The van der Waals surface area contributed by atoms with E-state index in [1.165, 1.54) is 0 Å². The average molecular weight is 645 g/mol. The van der Waals surface area contributed by atoms with Gasteiger partial charge in [-0.25, -0.2) is 9.97 Å². The number of hydrogen-bond donors (Lipinski definition) is 2. The number of benzene rings is 2. The molecule has 1 saturated carbocycles. The van der Waals surface area contributed by atoms with Crippen LogP contribution in [0.1, 0.15) is 60.7 Å². The van der Waals surface area contributed by atoms with Crippen molar-refractivity contribution in [2.45, 2.75) is 46.1 Å². The first-order valence-electron chi connectivity index (χ1n) is 15.6. The lowest BCUT2D eigenvalue weighted by Crippen LogP contribution is -2.50. The largest absolute Gasteiger partial charge is 0.351 e. The smallest absolute Gasteiger partial charge is 0.252 e. The zero-order chi connectivity index (χ0) is 31.9. The number of hydrogen-bond acceptors (Lipinski definition) is 6. The zero-order valence-corrected chi connectivity index (χ0v) is 27.8. The van der Waals surface area contributed by atoms with Crippen LogP contribution in [0.4, 0.5) is 0 Å². The molecule has 0 bridgehead atoms. The molecular weight excluding hydrogens is 609 g/mol. The highest BCUT2D eigenvalue weighted by Gasteiger charge is 2.42. The Bertz CT molecular complexity index is 2050. The molecule has 46 heavy (non-hydrogen) atoms. The summed E-state index contributed by atoms with van der Waals surface area (Å²) in [7, 11) is 0. The van der Waals surface area contributed by atoms with Crippen LogP contribution in [0.25, 0.3) is 42.9 Å². The van der Waals surface area contributed by atoms with Gasteiger partial charge in [-0.1, -0.05) is 69.3 Å². The molecule has 6 aromatic rings. The number of para-hydroxylation sites is 2. The summed E-state index contributed by atoms with van der Waals surface area (Å²) in [6.07, 6.45) is 2.56. The van der Waals surface area contributed by atoms with Gasteiger partial charge in [0.2, 0.25) is 0 Å². The van der Waals surface area contributed by atoms with Crippen LogP contribution in [-0.4, -0.2) is 34.4 Å². The summed E-state index contributed by atoms with van der Waals surface area (Å²) in [4.78, 5) is 39.5. The Hall–Kier alpha value is -4.40. The number of rotatable bonds is 7. The van der Waals surface area contributed by atoms with E-state index in [2.05, 4.69) is 31.4 Å². The van der Waals surface area contributed by atoms with E-state index < -0.39 is 0 Å². The molecule has 0 saturated heterocycles. The highest BCUT2D eigenvalue weighted by atomic mass is 32.1. The minimum Gasteiger partial charge on any atom is -0.351 e. The van der Waals surface area contributed by atoms with Crippen LogP contribution < -0.4 is 10.6 Å². The van der Waals surface area contributed by atoms with Gasteiger partial charge in [-0.05, 0) is 77.3 Å². The Labute approximate surface area is 276 Å². The minimum absolute atomic E-state index is 0.0200. The molecule has 7 rings (SSSR count). The van der Waals surface area contributed by atoms with Gasteiger partial charge in [0.1, 0.15) is 0 Å². The summed E-state index contributed by atoms with van der Waals surface area (Å²) >= 11 is 3.23. The van der Waals surface area contributed by atoms with E-state index >= 15 is 0 Å². The number of nitrogens with one attached hydrogen (secondary N) is 2. The van der Waals surface area contributed by atoms with Crippen molar-refractivity contribution >= 4 is 56.3 Å². The fourth-order valence-corrected chi connectivity index (χ4v) is 8.72. The summed E-state index contributed by atoms with van der Waals surface area (Å²) < 4.78 is 0. The van der Waals surface area contributed by atoms with E-state index in [0.29, 0.717) is 17.7 Å². The number of pyridine rings is 2. The maximum Gasteiger partial charge on any atom is 0.252 e. The van der Waals surface area contributed by atoms with Gasteiger partial charge < -0.3 is 10.6 Å². The summed E-state index contributed by atoms with van der Waals surface area (Å²) in [6.45, 7) is 7.25. The molecule has 2 aromatic carbocycles. The molecule has 2 N–H and O–H groups in total. The van der Waals surface area contributed by atoms with E-state index in [1.807, 2.05) is 95.7 Å². The lowest BCUT2D eigenvalue weighted by Gasteiger charge is -2.47. The second-order valence-corrected chi connectivity index (χ2v) is 15.4. The number of thiophene rings is 2. The van der Waals surface area contributed by atoms with Crippen LogP contribution in [0.5, 0.6) is 0 Å². The predicted octanol–water partition coefficient (Wildman–Crippen LogP) is 8.98. The third-order valence-corrected chi connectivity index (χ3v) is 10.7. The first kappa shape index (κ1) is 30.3. The van der Waals surface area contributed by atoms with Gasteiger partial charge in [0.15, 0.2) is 0 Å². The Kier molecular flexibility index (Phi) is 7.95. The van der Waals surface area contributed by atoms with Crippen molar-refractivity contribution in [3.8, 4) is 21.1 Å². The van der Waals surface area contributed by atoms with E-state index in [0.717, 1.165) is 62.2 Å². The Balaban J connectivity index is 1.12. The maximum atomic E-state index is 14.0. The Morgan fingerprint density at radius 1 is 0.739 bits per heavy atom. The van der Waals surface area contributed by atoms with Crippen molar-refractivity contribution in [1.82, 2.24) is 20.6 Å². The normalized spacial score (nSPS) is 19.2. The predicted molar refractivity (Wildman–Crippen MR) is 189 cm³/mol. The molecular formula is C38H36N4O2S2. The number of amides is 2. The van der Waals surface area contributed by atoms with Gasteiger partial charge >= 0.3 is 0 Å². The van der Waals surface area contributed by atoms with Gasteiger partial charge in [-0.3, -0.25) is 9.59 Å². The van der Waals surface area contributed by atoms with Gasteiger partial charge in [0.25, 0.3) is 11.8 Å². The standard InChI is InChI=1S/C38H36N4O2S2/c1-37(2)20-24(40-36(44)28-19-32(34-15-9-17-46-34)42-30-13-7-5-11-26(28)30)21-38(3,22-37)23-39-35(43)27-18-31(33-14-8-16-45-33)41-29-12-6-4-10-25(27)29/h4-19,24H,20-23H2,1-3H3,(H,39,43)(H,40,44)/t24-,38+/m0/s1. The lowest BCUT2D eigenvalue weighted by molar-refractivity contribution is 0.0593. The summed E-state index contributed by atoms with van der Waals surface area (Å²) in [6, 6.07) is 27.5. The van der Waals surface area contributed by atoms with Crippen LogP contribution in [0.2, 0.25) is 0 Å². The zero-order valence-electron chi connectivity index (χ0n) is 26.2. The van der Waals surface area contributed by atoms with E-state index in [1.54, 1.807) is 22.7 Å². The van der Waals surface area contributed by atoms with Crippen molar-refractivity contribution in [3.05, 3.63) is 107 Å². The highest BCUT2D eigenvalue weighted by molar-refractivity contribution is 7.13. The van der Waals surface area contributed by atoms with Crippen molar-refractivity contribution in [1.29, 1.82) is 0 Å². The van der Waals surface area contributed by atoms with Crippen LogP contribution in [0, 0.1) is 10.8 Å². The van der Waals surface area contributed by atoms with E-state index in [4.69, 9.17) is 9.97 Å². The van der Waals surface area contributed by atoms with Gasteiger partial charge in [-0.15, -0.1) is 22.7 Å². The third kappa shape index (κ3) is 6.19. The molecule has 2 amide bonds. The fourth-order valence-electron chi connectivity index (χ4n) is 7.35. The molecule has 1 aliphatic carbocycles. The molecule has 6 nitrogen and oxygen atoms in total. The van der Waals surface area contributed by atoms with Gasteiger partial charge in [0, 0.05) is 23.4 Å². The molecule has 0 aliphatic heterocycles. The number of nitrogens with zero attached hydrogens (tertiary/aromatic N) is 2. The topological polar surface area (TPSA) is 84.0 Å². The maximum absolute atomic E-state index is 14.0. The Morgan fingerprint density at radius 2 is 1.28 bits per heavy atom. The second kappa shape index (κ2) is 12.1. The molecule has 0 spiro atoms. The van der Waals surface area contributed by atoms with E-state index in [9.17, 15) is 9.59 Å². The fraction of sp³-hybridized carbons (Fsp3) is 0.263. The highest BCUT2D eigenvalue weighted by Crippen LogP contribution is 2.46. The molecule has 2 atom stereocenters. The lowest BCUT2D eigenvalue weighted by atomic mass is 9.62. The van der Waals surface area contributed by atoms with Gasteiger partial charge in [-0.2, -0.15) is 0 Å². The monoisotopic (exact) mass is 644 g/mol. The first-order valence-corrected chi connectivity index (χ1v) is 17.4. The number of fused-ring (bicyclic) bond motifs is 2. The quantitative estimate of drug-likeness (QED) is 0.182. The van der Waals surface area contributed by atoms with Crippen LogP contribution in [-0.2, 0) is 0 Å². The van der Waals surface area contributed by atoms with Crippen molar-refractivity contribution < 1.29 is 9.59 Å². The minimum atomic E-state index is -0.211. The van der Waals surface area contributed by atoms with Crippen molar-refractivity contribution in [2.24, 2.45) is 10.8 Å². The average Bonchev–Trinajstić information content (AvgIpc) is 3.77. The van der Waals surface area contributed by atoms with Crippen molar-refractivity contribution in [3.63, 3.8) is 0 Å². The first-order chi connectivity index (χ1) is 22.2. The van der Waals surface area contributed by atoms with Crippen LogP contribution in [0.15, 0.2) is 95.7 Å². The molecule has 0 unspecified atom stereocenters. The summed E-state index contributed by atoms with van der Waals surface area (Å²) in [5, 5.41) is 12.4. The molecule has 1 aliphatic rings. The molecule has 4 heterocycles. The Morgan fingerprint density at radius 3 is 1.83 bits per heavy atom. The van der Waals surface area contributed by atoms with Gasteiger partial charge in [0.05, 0.1) is 43.3 Å². The molecule has 1 fully saturated rings. The molecule has 4 aromatic heterocycles. The number of aromatic nitrogens is 2. The number of carbonyl (C=O) groups is 2.